The highest BCUT2D eigenvalue weighted by Gasteiger charge is 2.36. The van der Waals surface area contributed by atoms with E-state index in [-0.39, 0.29) is 23.0 Å². The number of hydrogen-bond donors (Lipinski definition) is 4. The van der Waals surface area contributed by atoms with Crippen molar-refractivity contribution in [1.82, 2.24) is 14.9 Å². The minimum Gasteiger partial charge on any atom is -0.388 e. The molecule has 42 heavy (non-hydrogen) atoms. The number of aliphatic imine (C=N–C) groups is 1. The van der Waals surface area contributed by atoms with Crippen LogP contribution in [0, 0.1) is 5.92 Å². The summed E-state index contributed by atoms with van der Waals surface area (Å²) in [7, 11) is 1.92. The first kappa shape index (κ1) is 29.7. The molecule has 10 nitrogen and oxygen atoms in total. The van der Waals surface area contributed by atoms with Gasteiger partial charge in [-0.05, 0) is 48.7 Å². The van der Waals surface area contributed by atoms with Crippen LogP contribution in [0.1, 0.15) is 42.8 Å². The van der Waals surface area contributed by atoms with E-state index in [2.05, 4.69) is 22.2 Å². The zero-order valence-electron chi connectivity index (χ0n) is 22.9. The van der Waals surface area contributed by atoms with Crippen molar-refractivity contribution in [3.05, 3.63) is 81.0 Å². The number of allylic oxidation sites excluding steroid dienone is 1. The van der Waals surface area contributed by atoms with Crippen LogP contribution in [-0.4, -0.2) is 39.9 Å². The number of hydrazine groups is 1. The minimum absolute atomic E-state index is 0.0165. The predicted octanol–water partition coefficient (Wildman–Crippen LogP) is 5.60. The summed E-state index contributed by atoms with van der Waals surface area (Å²) >= 11 is 18.8. The molecule has 3 aromatic rings. The van der Waals surface area contributed by atoms with E-state index in [1.165, 1.54) is 17.3 Å². The van der Waals surface area contributed by atoms with Crippen molar-refractivity contribution in [2.24, 2.45) is 22.5 Å². The average molecular weight is 628 g/mol. The number of aromatic nitrogens is 2. The number of carbonyl (C=O) groups excluding carboxylic acids is 2. The molecule has 6 N–H and O–H groups in total. The molecule has 1 unspecified atom stereocenters. The number of rotatable bonds is 7. The number of amides is 1. The molecule has 5 rings (SSSR count). The first-order valence-electron chi connectivity index (χ1n) is 13.2. The number of nitrogens with two attached hydrogens (primary N) is 2. The number of H-pyrrole nitrogens is 1. The summed E-state index contributed by atoms with van der Waals surface area (Å²) in [5.41, 5.74) is 10.5. The van der Waals surface area contributed by atoms with E-state index < -0.39 is 0 Å². The topological polar surface area (TPSA) is 146 Å². The van der Waals surface area contributed by atoms with Crippen molar-refractivity contribution in [3.63, 3.8) is 0 Å². The van der Waals surface area contributed by atoms with Gasteiger partial charge in [0.05, 0.1) is 29.3 Å². The summed E-state index contributed by atoms with van der Waals surface area (Å²) in [5, 5.41) is 4.93. The summed E-state index contributed by atoms with van der Waals surface area (Å²) in [4.78, 5) is 38.5. The Kier molecular flexibility index (Phi) is 8.60. The number of aldehydes is 1. The lowest BCUT2D eigenvalue weighted by Gasteiger charge is -2.22. The number of nitrogens with one attached hydrogen (secondary N) is 2. The molecule has 2 aliphatic rings. The zero-order valence-corrected chi connectivity index (χ0v) is 25.1. The van der Waals surface area contributed by atoms with Gasteiger partial charge in [0, 0.05) is 47.3 Å². The molecule has 2 atom stereocenters. The van der Waals surface area contributed by atoms with Gasteiger partial charge in [-0.2, -0.15) is 0 Å². The lowest BCUT2D eigenvalue weighted by atomic mass is 9.99. The van der Waals surface area contributed by atoms with Crippen LogP contribution in [0.3, 0.4) is 0 Å². The highest BCUT2D eigenvalue weighted by atomic mass is 35.5. The van der Waals surface area contributed by atoms with Gasteiger partial charge in [-0.1, -0.05) is 47.8 Å². The number of imidazole rings is 1. The Balaban J connectivity index is 1.47. The van der Waals surface area contributed by atoms with Crippen LogP contribution in [0.5, 0.6) is 0 Å². The third kappa shape index (κ3) is 6.03. The Hall–Kier alpha value is -3.83. The van der Waals surface area contributed by atoms with Crippen LogP contribution in [0.25, 0.3) is 17.0 Å². The van der Waals surface area contributed by atoms with Gasteiger partial charge in [0.15, 0.2) is 5.15 Å². The van der Waals surface area contributed by atoms with Gasteiger partial charge < -0.3 is 20.9 Å². The Morgan fingerprint density at radius 2 is 2.00 bits per heavy atom. The SMILES string of the molecule is C[C@@H]1CC(c2nc(Cl)c(-c3ccc4c(c3)CCC(=O)N4)[nH]2)N(C)/C1=N\C(=C/C=O)c1cc(Cl)ccc1N(N)/C=C(\N)Cl. The fraction of sp³-hybridized carbons (Fsp3) is 0.241. The van der Waals surface area contributed by atoms with E-state index in [9.17, 15) is 9.59 Å². The summed E-state index contributed by atoms with van der Waals surface area (Å²) < 4.78 is 0. The molecule has 1 aromatic heterocycles. The molecule has 1 amide bonds. The van der Waals surface area contributed by atoms with E-state index >= 15 is 0 Å². The second-order valence-corrected chi connectivity index (χ2v) is 11.4. The van der Waals surface area contributed by atoms with Crippen LogP contribution < -0.4 is 21.9 Å². The molecule has 218 valence electrons. The number of anilines is 2. The largest absolute Gasteiger partial charge is 0.388 e. The number of halogens is 3. The lowest BCUT2D eigenvalue weighted by molar-refractivity contribution is -0.116. The fourth-order valence-corrected chi connectivity index (χ4v) is 5.89. The number of aromatic amines is 1. The first-order chi connectivity index (χ1) is 20.0. The standard InChI is InChI=1S/C29H29Cl3N8O2/c1-15-11-23(28-37-26(27(32)38-28)17-3-6-20-16(12-17)4-8-25(42)35-20)39(2)29(15)36-21(9-10-41)19-13-18(30)5-7-22(19)40(34)14-24(31)33/h3,5-7,9-10,12-15,23H,4,8,11,33-34H2,1-2H3,(H,35,42)(H,37,38)/b21-9-,24-14-,36-29-/t15-,23?/m1/s1. The summed E-state index contributed by atoms with van der Waals surface area (Å²) in [6.07, 6.45) is 5.19. The fourth-order valence-electron chi connectivity index (χ4n) is 5.36. The van der Waals surface area contributed by atoms with E-state index in [1.54, 1.807) is 18.2 Å². The van der Waals surface area contributed by atoms with Crippen LogP contribution in [0.4, 0.5) is 11.4 Å². The van der Waals surface area contributed by atoms with Gasteiger partial charge in [0.25, 0.3) is 0 Å². The third-order valence-corrected chi connectivity index (χ3v) is 7.97. The maximum absolute atomic E-state index is 11.7. The Bertz CT molecular complexity index is 1640. The number of nitrogens with zero attached hydrogens (tertiary/aromatic N) is 4. The Labute approximate surface area is 258 Å². The second-order valence-electron chi connectivity index (χ2n) is 10.2. The van der Waals surface area contributed by atoms with Crippen molar-refractivity contribution in [1.29, 1.82) is 0 Å². The molecular formula is C29H29Cl3N8O2. The highest BCUT2D eigenvalue weighted by Crippen LogP contribution is 2.39. The quantitative estimate of drug-likeness (QED) is 0.0877. The number of benzene rings is 2. The smallest absolute Gasteiger partial charge is 0.224 e. The third-order valence-electron chi connectivity index (χ3n) is 7.37. The molecule has 0 spiro atoms. The van der Waals surface area contributed by atoms with Crippen molar-refractivity contribution >= 4 is 69.9 Å². The minimum atomic E-state index is -0.150. The average Bonchev–Trinajstić information content (AvgIpc) is 3.46. The van der Waals surface area contributed by atoms with E-state index in [1.807, 2.05) is 30.1 Å². The molecular weight excluding hydrogens is 599 g/mol. The molecule has 1 fully saturated rings. The maximum atomic E-state index is 11.7. The van der Waals surface area contributed by atoms with Crippen LogP contribution in [0.2, 0.25) is 10.2 Å². The molecule has 2 aromatic carbocycles. The monoisotopic (exact) mass is 626 g/mol. The molecule has 0 radical (unpaired) electrons. The molecule has 2 aliphatic heterocycles. The maximum Gasteiger partial charge on any atom is 0.224 e. The van der Waals surface area contributed by atoms with Gasteiger partial charge >= 0.3 is 0 Å². The van der Waals surface area contributed by atoms with Gasteiger partial charge in [-0.3, -0.25) is 14.6 Å². The molecule has 3 heterocycles. The predicted molar refractivity (Wildman–Crippen MR) is 168 cm³/mol. The number of likely N-dealkylation sites (tertiary alicyclic amines) is 1. The zero-order chi connectivity index (χ0) is 30.1. The van der Waals surface area contributed by atoms with E-state index in [0.29, 0.717) is 64.2 Å². The van der Waals surface area contributed by atoms with Gasteiger partial charge in [0.1, 0.15) is 23.1 Å². The van der Waals surface area contributed by atoms with Crippen LogP contribution in [0.15, 0.2) is 58.8 Å². The summed E-state index contributed by atoms with van der Waals surface area (Å²) in [6, 6.07) is 10.7. The lowest BCUT2D eigenvalue weighted by Crippen LogP contribution is -2.27. The van der Waals surface area contributed by atoms with Crippen LogP contribution in [-0.2, 0) is 16.0 Å². The normalized spacial score (nSPS) is 20.1. The van der Waals surface area contributed by atoms with E-state index in [0.717, 1.165) is 22.6 Å². The molecule has 0 bridgehead atoms. The molecule has 0 saturated carbocycles. The number of aryl methyl sites for hydroxylation is 1. The van der Waals surface area contributed by atoms with Gasteiger partial charge in [0.2, 0.25) is 5.91 Å². The molecule has 1 saturated heterocycles. The Morgan fingerprint density at radius 3 is 2.74 bits per heavy atom. The van der Waals surface area contributed by atoms with Crippen molar-refractivity contribution in [2.75, 3.05) is 17.4 Å². The summed E-state index contributed by atoms with van der Waals surface area (Å²) in [5.74, 6) is 7.66. The molecule has 13 heteroatoms. The van der Waals surface area contributed by atoms with Crippen molar-refractivity contribution in [3.8, 4) is 11.3 Å². The number of carbonyl (C=O) groups is 2. The summed E-state index contributed by atoms with van der Waals surface area (Å²) in [6.45, 7) is 2.06. The number of fused-ring (bicyclic) bond motifs is 1. The first-order valence-corrected chi connectivity index (χ1v) is 14.3. The van der Waals surface area contributed by atoms with Crippen LogP contribution >= 0.6 is 34.8 Å². The number of amidine groups is 1. The second kappa shape index (κ2) is 12.2. The van der Waals surface area contributed by atoms with Crippen molar-refractivity contribution in [2.45, 2.75) is 32.2 Å². The Morgan fingerprint density at radius 1 is 1.21 bits per heavy atom. The van der Waals surface area contributed by atoms with E-state index in [4.69, 9.17) is 51.4 Å². The molecule has 0 aliphatic carbocycles. The van der Waals surface area contributed by atoms with Gasteiger partial charge in [-0.25, -0.2) is 15.8 Å². The van der Waals surface area contributed by atoms with Gasteiger partial charge in [-0.15, -0.1) is 0 Å². The van der Waals surface area contributed by atoms with Crippen molar-refractivity contribution < 1.29 is 9.59 Å². The highest BCUT2D eigenvalue weighted by molar-refractivity contribution is 6.32. The number of hydrogen-bond acceptors (Lipinski definition) is 7.